The maximum absolute atomic E-state index is 8.77. The number of aromatic nitrogens is 1. The molecule has 0 saturated heterocycles. The van der Waals surface area contributed by atoms with Crippen LogP contribution in [0.3, 0.4) is 0 Å². The number of nitrogens with zero attached hydrogens (tertiary/aromatic N) is 1. The smallest absolute Gasteiger partial charge is 0.111 e. The Morgan fingerprint density at radius 2 is 2.40 bits per heavy atom. The Morgan fingerprint density at radius 1 is 1.70 bits per heavy atom. The van der Waals surface area contributed by atoms with Crippen molar-refractivity contribution in [3.63, 3.8) is 0 Å². The van der Waals surface area contributed by atoms with E-state index in [-0.39, 0.29) is 6.61 Å². The Hall–Kier alpha value is 0.320. The number of aliphatic hydroxyl groups is 1. The van der Waals surface area contributed by atoms with E-state index in [1.807, 2.05) is 6.07 Å². The first-order chi connectivity index (χ1) is 4.74. The van der Waals surface area contributed by atoms with Gasteiger partial charge in [-0.05, 0) is 44.6 Å². The molecule has 0 aliphatic carbocycles. The van der Waals surface area contributed by atoms with Gasteiger partial charge in [-0.3, -0.25) is 0 Å². The van der Waals surface area contributed by atoms with Crippen LogP contribution in [0, 0.1) is 3.57 Å². The molecule has 0 bridgehead atoms. The summed E-state index contributed by atoms with van der Waals surface area (Å²) in [6.45, 7) is 0.0322. The lowest BCUT2D eigenvalue weighted by Gasteiger charge is -1.98. The van der Waals surface area contributed by atoms with Crippen LogP contribution in [-0.4, -0.2) is 10.1 Å². The summed E-state index contributed by atoms with van der Waals surface area (Å²) >= 11 is 5.37. The van der Waals surface area contributed by atoms with Gasteiger partial charge in [0.25, 0.3) is 0 Å². The van der Waals surface area contributed by atoms with Crippen molar-refractivity contribution in [3.05, 3.63) is 26.0 Å². The summed E-state index contributed by atoms with van der Waals surface area (Å²) in [4.78, 5) is 4.00. The van der Waals surface area contributed by atoms with Gasteiger partial charge in [0.2, 0.25) is 0 Å². The maximum atomic E-state index is 8.77. The second-order valence-corrected chi connectivity index (χ2v) is 3.76. The van der Waals surface area contributed by atoms with Crippen molar-refractivity contribution in [2.75, 3.05) is 0 Å². The summed E-state index contributed by atoms with van der Waals surface area (Å²) in [6, 6.07) is 1.89. The first-order valence-corrected chi connectivity index (χ1v) is 4.52. The van der Waals surface area contributed by atoms with Crippen molar-refractivity contribution in [3.8, 4) is 0 Å². The Balaban J connectivity index is 3.09. The van der Waals surface area contributed by atoms with Gasteiger partial charge in [0.05, 0.1) is 6.61 Å². The van der Waals surface area contributed by atoms with Crippen LogP contribution >= 0.6 is 38.5 Å². The van der Waals surface area contributed by atoms with Crippen LogP contribution in [-0.2, 0) is 6.61 Å². The van der Waals surface area contributed by atoms with Crippen LogP contribution in [0.5, 0.6) is 0 Å². The highest BCUT2D eigenvalue weighted by Gasteiger charge is 1.98. The highest BCUT2D eigenvalue weighted by molar-refractivity contribution is 14.1. The van der Waals surface area contributed by atoms with Crippen molar-refractivity contribution < 1.29 is 5.11 Å². The zero-order chi connectivity index (χ0) is 7.56. The molecule has 0 unspecified atom stereocenters. The topological polar surface area (TPSA) is 33.1 Å². The summed E-state index contributed by atoms with van der Waals surface area (Å²) in [5.74, 6) is 0. The minimum Gasteiger partial charge on any atom is -0.392 e. The molecule has 10 heavy (non-hydrogen) atoms. The normalized spacial score (nSPS) is 9.90. The Morgan fingerprint density at radius 3 is 2.90 bits per heavy atom. The molecule has 54 valence electrons. The predicted molar refractivity (Wildman–Crippen MR) is 50.6 cm³/mol. The average molecular weight is 314 g/mol. The molecule has 1 aromatic heterocycles. The zero-order valence-electron chi connectivity index (χ0n) is 5.01. The number of aliphatic hydroxyl groups excluding tert-OH is 1. The number of pyridine rings is 1. The standard InChI is InChI=1S/C6H5BrINO/c7-6-4(3-10)1-5(8)2-9-6/h1-2,10H,3H2. The SMILES string of the molecule is OCc1cc(I)cnc1Br. The van der Waals surface area contributed by atoms with Gasteiger partial charge >= 0.3 is 0 Å². The van der Waals surface area contributed by atoms with Crippen LogP contribution in [0.4, 0.5) is 0 Å². The Bertz CT molecular complexity index is 241. The second-order valence-electron chi connectivity index (χ2n) is 1.76. The van der Waals surface area contributed by atoms with Crippen LogP contribution < -0.4 is 0 Å². The fourth-order valence-electron chi connectivity index (χ4n) is 0.575. The number of hydrogen-bond acceptors (Lipinski definition) is 2. The molecule has 0 aliphatic heterocycles. The van der Waals surface area contributed by atoms with E-state index in [1.54, 1.807) is 6.20 Å². The van der Waals surface area contributed by atoms with Gasteiger partial charge in [0, 0.05) is 15.3 Å². The third kappa shape index (κ3) is 1.90. The molecule has 1 N–H and O–H groups in total. The minimum absolute atomic E-state index is 0.0322. The first-order valence-electron chi connectivity index (χ1n) is 2.65. The fourth-order valence-corrected chi connectivity index (χ4v) is 1.43. The molecule has 0 spiro atoms. The third-order valence-corrected chi connectivity index (χ3v) is 2.35. The fraction of sp³-hybridized carbons (Fsp3) is 0.167. The first kappa shape index (κ1) is 8.42. The quantitative estimate of drug-likeness (QED) is 0.635. The lowest BCUT2D eigenvalue weighted by Crippen LogP contribution is -1.88. The summed E-state index contributed by atoms with van der Waals surface area (Å²) in [7, 11) is 0. The molecule has 0 aliphatic rings. The molecule has 0 atom stereocenters. The van der Waals surface area contributed by atoms with Gasteiger partial charge in [0.1, 0.15) is 4.60 Å². The van der Waals surface area contributed by atoms with Crippen molar-refractivity contribution >= 4 is 38.5 Å². The summed E-state index contributed by atoms with van der Waals surface area (Å²) in [5.41, 5.74) is 0.826. The molecule has 0 fully saturated rings. The van der Waals surface area contributed by atoms with Gasteiger partial charge in [-0.25, -0.2) is 4.98 Å². The number of hydrogen-bond donors (Lipinski definition) is 1. The summed E-state index contributed by atoms with van der Waals surface area (Å²) < 4.78 is 1.75. The van der Waals surface area contributed by atoms with Gasteiger partial charge in [-0.2, -0.15) is 0 Å². The minimum atomic E-state index is 0.0322. The van der Waals surface area contributed by atoms with E-state index >= 15 is 0 Å². The Kier molecular flexibility index (Phi) is 3.06. The van der Waals surface area contributed by atoms with Gasteiger partial charge in [0.15, 0.2) is 0 Å². The molecule has 0 saturated carbocycles. The van der Waals surface area contributed by atoms with E-state index in [1.165, 1.54) is 0 Å². The molecule has 0 amide bonds. The molecule has 4 heteroatoms. The molecule has 1 rings (SSSR count). The van der Waals surface area contributed by atoms with E-state index in [2.05, 4.69) is 43.5 Å². The molecular weight excluding hydrogens is 309 g/mol. The third-order valence-electron chi connectivity index (χ3n) is 1.05. The van der Waals surface area contributed by atoms with Crippen LogP contribution in [0.15, 0.2) is 16.9 Å². The summed E-state index contributed by atoms with van der Waals surface area (Å²) in [6.07, 6.45) is 1.74. The maximum Gasteiger partial charge on any atom is 0.111 e. The monoisotopic (exact) mass is 313 g/mol. The van der Waals surface area contributed by atoms with Gasteiger partial charge in [-0.1, -0.05) is 0 Å². The lowest BCUT2D eigenvalue weighted by molar-refractivity contribution is 0.280. The van der Waals surface area contributed by atoms with Crippen molar-refractivity contribution in [2.45, 2.75) is 6.61 Å². The predicted octanol–water partition coefficient (Wildman–Crippen LogP) is 1.94. The van der Waals surface area contributed by atoms with E-state index in [0.717, 1.165) is 13.7 Å². The van der Waals surface area contributed by atoms with Crippen molar-refractivity contribution in [1.82, 2.24) is 4.98 Å². The highest BCUT2D eigenvalue weighted by atomic mass is 127. The van der Waals surface area contributed by atoms with Crippen molar-refractivity contribution in [1.29, 1.82) is 0 Å². The van der Waals surface area contributed by atoms with Crippen LogP contribution in [0.2, 0.25) is 0 Å². The molecule has 2 nitrogen and oxygen atoms in total. The molecule has 1 aromatic rings. The van der Waals surface area contributed by atoms with E-state index in [4.69, 9.17) is 5.11 Å². The highest BCUT2D eigenvalue weighted by Crippen LogP contribution is 2.15. The van der Waals surface area contributed by atoms with E-state index in [9.17, 15) is 0 Å². The van der Waals surface area contributed by atoms with Gasteiger partial charge in [-0.15, -0.1) is 0 Å². The van der Waals surface area contributed by atoms with Crippen molar-refractivity contribution in [2.24, 2.45) is 0 Å². The zero-order valence-corrected chi connectivity index (χ0v) is 8.76. The van der Waals surface area contributed by atoms with E-state index in [0.29, 0.717) is 0 Å². The van der Waals surface area contributed by atoms with Gasteiger partial charge < -0.3 is 5.11 Å². The molecule has 0 aromatic carbocycles. The molecule has 0 radical (unpaired) electrons. The van der Waals surface area contributed by atoms with E-state index < -0.39 is 0 Å². The summed E-state index contributed by atoms with van der Waals surface area (Å²) in [5, 5.41) is 8.77. The lowest BCUT2D eigenvalue weighted by atomic mass is 10.3. The molecular formula is C6H5BrINO. The average Bonchev–Trinajstić information content (AvgIpc) is 1.94. The van der Waals surface area contributed by atoms with Crippen LogP contribution in [0.1, 0.15) is 5.56 Å². The Labute approximate surface area is 80.9 Å². The second kappa shape index (κ2) is 3.64. The number of halogens is 2. The number of rotatable bonds is 1. The van der Waals surface area contributed by atoms with Crippen LogP contribution in [0.25, 0.3) is 0 Å². The molecule has 1 heterocycles. The largest absolute Gasteiger partial charge is 0.392 e.